The Morgan fingerprint density at radius 1 is 1.35 bits per heavy atom. The van der Waals surface area contributed by atoms with Crippen molar-refractivity contribution in [3.8, 4) is 0 Å². The number of rotatable bonds is 5. The summed E-state index contributed by atoms with van der Waals surface area (Å²) < 4.78 is 2.00. The second-order valence-corrected chi connectivity index (χ2v) is 6.46. The molecule has 20 heavy (non-hydrogen) atoms. The van der Waals surface area contributed by atoms with E-state index < -0.39 is 0 Å². The lowest BCUT2D eigenvalue weighted by atomic mass is 9.97. The number of amides is 1. The third-order valence-electron chi connectivity index (χ3n) is 4.56. The molecule has 1 heterocycles. The molecule has 2 aliphatic rings. The molecule has 2 N–H and O–H groups in total. The van der Waals surface area contributed by atoms with Crippen LogP contribution in [-0.2, 0) is 0 Å². The minimum Gasteiger partial charge on any atom is -0.396 e. The van der Waals surface area contributed by atoms with Crippen molar-refractivity contribution in [2.45, 2.75) is 38.1 Å². The Morgan fingerprint density at radius 2 is 2.10 bits per heavy atom. The van der Waals surface area contributed by atoms with Gasteiger partial charge in [0.25, 0.3) is 5.91 Å². The van der Waals surface area contributed by atoms with Gasteiger partial charge in [0.2, 0.25) is 0 Å². The van der Waals surface area contributed by atoms with E-state index >= 15 is 0 Å². The quantitative estimate of drug-likeness (QED) is 0.877. The molecule has 110 valence electrons. The predicted octanol–water partition coefficient (Wildman–Crippen LogP) is 2.61. The number of halogens is 1. The molecule has 0 aliphatic heterocycles. The molecule has 1 aromatic rings. The molecule has 4 nitrogen and oxygen atoms in total. The molecule has 2 fully saturated rings. The van der Waals surface area contributed by atoms with E-state index in [1.54, 1.807) is 6.07 Å². The van der Waals surface area contributed by atoms with Crippen LogP contribution in [0.15, 0.2) is 12.3 Å². The van der Waals surface area contributed by atoms with Gasteiger partial charge in [-0.05, 0) is 43.6 Å². The predicted molar refractivity (Wildman–Crippen MR) is 78.0 cm³/mol. The van der Waals surface area contributed by atoms with Crippen LogP contribution in [0.25, 0.3) is 0 Å². The summed E-state index contributed by atoms with van der Waals surface area (Å²) in [7, 11) is 0. The Labute approximate surface area is 124 Å². The van der Waals surface area contributed by atoms with Crippen molar-refractivity contribution in [2.75, 3.05) is 13.2 Å². The minimum atomic E-state index is -0.0487. The van der Waals surface area contributed by atoms with Crippen molar-refractivity contribution in [3.63, 3.8) is 0 Å². The molecular weight excluding hydrogens is 276 g/mol. The molecule has 5 heteroatoms. The summed E-state index contributed by atoms with van der Waals surface area (Å²) in [5, 5.41) is 12.9. The zero-order chi connectivity index (χ0) is 14.1. The Kier molecular flexibility index (Phi) is 4.03. The SMILES string of the molecule is O=C(NCC1CCCC1CO)c1cc(Cl)cn1C1CC1. The molecule has 0 bridgehead atoms. The number of carbonyl (C=O) groups excluding carboxylic acids is 1. The molecular formula is C15H21ClN2O2. The van der Waals surface area contributed by atoms with Crippen LogP contribution in [-0.4, -0.2) is 28.7 Å². The lowest BCUT2D eigenvalue weighted by molar-refractivity contribution is 0.0928. The summed E-state index contributed by atoms with van der Waals surface area (Å²) >= 11 is 6.02. The molecule has 2 aliphatic carbocycles. The van der Waals surface area contributed by atoms with Crippen molar-refractivity contribution in [1.29, 1.82) is 0 Å². The number of hydrogen-bond donors (Lipinski definition) is 2. The van der Waals surface area contributed by atoms with Gasteiger partial charge in [-0.2, -0.15) is 0 Å². The number of aromatic nitrogens is 1. The minimum absolute atomic E-state index is 0.0487. The van der Waals surface area contributed by atoms with E-state index in [1.165, 1.54) is 0 Å². The number of carbonyl (C=O) groups is 1. The first-order valence-electron chi connectivity index (χ1n) is 7.45. The molecule has 2 unspecified atom stereocenters. The average Bonchev–Trinajstić information content (AvgIpc) is 3.06. The van der Waals surface area contributed by atoms with Crippen molar-refractivity contribution in [1.82, 2.24) is 9.88 Å². The number of nitrogens with one attached hydrogen (secondary N) is 1. The van der Waals surface area contributed by atoms with Crippen molar-refractivity contribution < 1.29 is 9.90 Å². The summed E-state index contributed by atoms with van der Waals surface area (Å²) in [6, 6.07) is 2.19. The van der Waals surface area contributed by atoms with Crippen molar-refractivity contribution in [2.24, 2.45) is 11.8 Å². The summed E-state index contributed by atoms with van der Waals surface area (Å²) in [5.74, 6) is 0.699. The molecule has 3 rings (SSSR count). The van der Waals surface area contributed by atoms with Crippen LogP contribution in [0.4, 0.5) is 0 Å². The molecule has 0 saturated heterocycles. The van der Waals surface area contributed by atoms with Gasteiger partial charge in [0.05, 0.1) is 5.02 Å². The number of hydrogen-bond acceptors (Lipinski definition) is 2. The van der Waals surface area contributed by atoms with Crippen LogP contribution in [0.1, 0.15) is 48.6 Å². The van der Waals surface area contributed by atoms with Crippen molar-refractivity contribution in [3.05, 3.63) is 23.0 Å². The van der Waals surface area contributed by atoms with Gasteiger partial charge in [-0.1, -0.05) is 18.0 Å². The van der Waals surface area contributed by atoms with E-state index in [0.29, 0.717) is 35.1 Å². The third-order valence-corrected chi connectivity index (χ3v) is 4.77. The van der Waals surface area contributed by atoms with E-state index in [4.69, 9.17) is 11.6 Å². The van der Waals surface area contributed by atoms with Crippen LogP contribution in [0.5, 0.6) is 0 Å². The van der Waals surface area contributed by atoms with Gasteiger partial charge < -0.3 is 15.0 Å². The molecule has 2 atom stereocenters. The monoisotopic (exact) mass is 296 g/mol. The highest BCUT2D eigenvalue weighted by atomic mass is 35.5. The van der Waals surface area contributed by atoms with Crippen LogP contribution in [0, 0.1) is 11.8 Å². The van der Waals surface area contributed by atoms with Crippen LogP contribution in [0.3, 0.4) is 0 Å². The van der Waals surface area contributed by atoms with Crippen LogP contribution >= 0.6 is 11.6 Å². The largest absolute Gasteiger partial charge is 0.396 e. The van der Waals surface area contributed by atoms with E-state index in [-0.39, 0.29) is 12.5 Å². The Morgan fingerprint density at radius 3 is 2.80 bits per heavy atom. The summed E-state index contributed by atoms with van der Waals surface area (Å²) in [6.07, 6.45) is 7.41. The van der Waals surface area contributed by atoms with E-state index in [1.807, 2.05) is 10.8 Å². The highest BCUT2D eigenvalue weighted by Gasteiger charge is 2.29. The van der Waals surface area contributed by atoms with Crippen LogP contribution < -0.4 is 5.32 Å². The summed E-state index contributed by atoms with van der Waals surface area (Å²) in [4.78, 5) is 12.3. The lowest BCUT2D eigenvalue weighted by Gasteiger charge is -2.18. The first-order chi connectivity index (χ1) is 9.69. The fraction of sp³-hybridized carbons (Fsp3) is 0.667. The smallest absolute Gasteiger partial charge is 0.267 e. The topological polar surface area (TPSA) is 54.3 Å². The summed E-state index contributed by atoms with van der Waals surface area (Å²) in [5.41, 5.74) is 0.663. The highest BCUT2D eigenvalue weighted by molar-refractivity contribution is 6.31. The van der Waals surface area contributed by atoms with Gasteiger partial charge in [-0.3, -0.25) is 4.79 Å². The molecule has 0 radical (unpaired) electrons. The lowest BCUT2D eigenvalue weighted by Crippen LogP contribution is -2.32. The molecule has 0 aromatic carbocycles. The number of aliphatic hydroxyl groups is 1. The maximum absolute atomic E-state index is 12.3. The normalized spacial score (nSPS) is 25.9. The number of aliphatic hydroxyl groups excluding tert-OH is 1. The van der Waals surface area contributed by atoms with Gasteiger partial charge in [-0.15, -0.1) is 0 Å². The zero-order valence-corrected chi connectivity index (χ0v) is 12.3. The standard InChI is InChI=1S/C15H21ClN2O2/c16-12-6-14(18(8-12)13-4-5-13)15(20)17-7-10-2-1-3-11(10)9-19/h6,8,10-11,13,19H,1-5,7,9H2,(H,17,20). The van der Waals surface area contributed by atoms with Crippen LogP contribution in [0.2, 0.25) is 5.02 Å². The fourth-order valence-corrected chi connectivity index (χ4v) is 3.43. The molecule has 2 saturated carbocycles. The zero-order valence-electron chi connectivity index (χ0n) is 11.5. The van der Waals surface area contributed by atoms with E-state index in [2.05, 4.69) is 5.32 Å². The second-order valence-electron chi connectivity index (χ2n) is 6.03. The first kappa shape index (κ1) is 14.0. The van der Waals surface area contributed by atoms with Gasteiger partial charge in [0.1, 0.15) is 5.69 Å². The van der Waals surface area contributed by atoms with E-state index in [9.17, 15) is 9.90 Å². The summed E-state index contributed by atoms with van der Waals surface area (Å²) in [6.45, 7) is 0.877. The molecule has 0 spiro atoms. The van der Waals surface area contributed by atoms with Gasteiger partial charge in [-0.25, -0.2) is 0 Å². The Bertz CT molecular complexity index is 496. The fourth-order valence-electron chi connectivity index (χ4n) is 3.22. The maximum atomic E-state index is 12.3. The highest BCUT2D eigenvalue weighted by Crippen LogP contribution is 2.37. The number of nitrogens with zero attached hydrogens (tertiary/aromatic N) is 1. The second kappa shape index (κ2) is 5.78. The average molecular weight is 297 g/mol. The Hall–Kier alpha value is -1.00. The van der Waals surface area contributed by atoms with Gasteiger partial charge in [0.15, 0.2) is 0 Å². The third kappa shape index (κ3) is 2.86. The van der Waals surface area contributed by atoms with Gasteiger partial charge >= 0.3 is 0 Å². The molecule has 1 amide bonds. The van der Waals surface area contributed by atoms with Gasteiger partial charge in [0, 0.05) is 25.4 Å². The first-order valence-corrected chi connectivity index (χ1v) is 7.83. The van der Waals surface area contributed by atoms with Crippen molar-refractivity contribution >= 4 is 17.5 Å². The van der Waals surface area contributed by atoms with E-state index in [0.717, 1.165) is 32.1 Å². The maximum Gasteiger partial charge on any atom is 0.267 e. The molecule has 1 aromatic heterocycles. The Balaban J connectivity index is 1.61.